The van der Waals surface area contributed by atoms with E-state index < -0.39 is 11.0 Å². The van der Waals surface area contributed by atoms with Crippen molar-refractivity contribution < 1.29 is 13.7 Å². The van der Waals surface area contributed by atoms with Gasteiger partial charge < -0.3 is 9.72 Å². The van der Waals surface area contributed by atoms with Crippen molar-refractivity contribution in [2.45, 2.75) is 90.4 Å². The van der Waals surface area contributed by atoms with Crippen LogP contribution < -0.4 is 4.72 Å². The molecule has 1 rings (SSSR count). The topological polar surface area (TPSA) is 71.2 Å². The molecule has 0 bridgehead atoms. The molecule has 0 aliphatic heterocycles. The van der Waals surface area contributed by atoms with E-state index >= 15 is 0 Å². The third-order valence-corrected chi connectivity index (χ3v) is 6.65. The van der Waals surface area contributed by atoms with Crippen molar-refractivity contribution in [3.8, 4) is 0 Å². The molecule has 5 nitrogen and oxygen atoms in total. The number of nitrogens with one attached hydrogen (secondary N) is 2. The van der Waals surface area contributed by atoms with E-state index in [-0.39, 0.29) is 16.8 Å². The third kappa shape index (κ3) is 7.88. The highest BCUT2D eigenvalue weighted by Crippen LogP contribution is 2.30. The molecule has 0 amide bonds. The maximum absolute atomic E-state index is 12.8. The summed E-state index contributed by atoms with van der Waals surface area (Å²) >= 11 is 0. The van der Waals surface area contributed by atoms with Crippen molar-refractivity contribution in [1.29, 1.82) is 0 Å². The summed E-state index contributed by atoms with van der Waals surface area (Å²) in [6.45, 7) is 17.6. The van der Waals surface area contributed by atoms with Crippen LogP contribution >= 0.6 is 0 Å². The number of H-pyrrole nitrogens is 1. The van der Waals surface area contributed by atoms with Gasteiger partial charge in [-0.15, -0.1) is 13.2 Å². The molecule has 30 heavy (non-hydrogen) atoms. The summed E-state index contributed by atoms with van der Waals surface area (Å²) in [5.74, 6) is -0.327. The fourth-order valence-electron chi connectivity index (χ4n) is 3.32. The zero-order valence-corrected chi connectivity index (χ0v) is 20.3. The first-order valence-electron chi connectivity index (χ1n) is 11.0. The summed E-state index contributed by atoms with van der Waals surface area (Å²) in [4.78, 5) is 16.0. The summed E-state index contributed by atoms with van der Waals surface area (Å²) in [5.41, 5.74) is 3.52. The SMILES string of the molecule is C=CCCCCc1c(C(=O)OCC)[nH]c(C(CCCC=C)NS(=O)C(C)(C)C)c1C. The van der Waals surface area contributed by atoms with Gasteiger partial charge in [0.05, 0.1) is 28.4 Å². The third-order valence-electron chi connectivity index (χ3n) is 5.04. The number of esters is 1. The van der Waals surface area contributed by atoms with Gasteiger partial charge in [-0.2, -0.15) is 0 Å². The number of hydrogen-bond donors (Lipinski definition) is 2. The Bertz CT molecular complexity index is 732. The highest BCUT2D eigenvalue weighted by molar-refractivity contribution is 7.84. The molecule has 170 valence electrons. The van der Waals surface area contributed by atoms with Crippen molar-refractivity contribution >= 4 is 17.0 Å². The van der Waals surface area contributed by atoms with Gasteiger partial charge in [-0.1, -0.05) is 12.2 Å². The minimum atomic E-state index is -1.22. The highest BCUT2D eigenvalue weighted by atomic mass is 32.2. The second-order valence-corrected chi connectivity index (χ2v) is 10.5. The van der Waals surface area contributed by atoms with E-state index in [0.717, 1.165) is 61.8 Å². The number of unbranched alkanes of at least 4 members (excludes halogenated alkanes) is 3. The lowest BCUT2D eigenvalue weighted by Crippen LogP contribution is -2.36. The van der Waals surface area contributed by atoms with Crippen molar-refractivity contribution in [3.63, 3.8) is 0 Å². The van der Waals surface area contributed by atoms with Crippen LogP contribution in [0.3, 0.4) is 0 Å². The highest BCUT2D eigenvalue weighted by Gasteiger charge is 2.28. The monoisotopic (exact) mass is 436 g/mol. The van der Waals surface area contributed by atoms with Crippen molar-refractivity contribution in [1.82, 2.24) is 9.71 Å². The molecule has 1 aromatic heterocycles. The lowest BCUT2D eigenvalue weighted by Gasteiger charge is -2.24. The molecule has 2 atom stereocenters. The average molecular weight is 437 g/mol. The minimum Gasteiger partial charge on any atom is -0.461 e. The standard InChI is InChI=1S/C24H40N2O3S/c1-8-11-13-15-16-19-18(4)21(25-22(19)23(27)29-10-3)20(17-14-12-9-2)26-30(28)24(5,6)7/h8-9,20,25-26H,1-2,10-17H2,3-7H3. The summed E-state index contributed by atoms with van der Waals surface area (Å²) in [7, 11) is -1.22. The van der Waals surface area contributed by atoms with Crippen LogP contribution in [0.15, 0.2) is 25.3 Å². The van der Waals surface area contributed by atoms with Gasteiger partial charge in [-0.05, 0) is 90.7 Å². The molecular weight excluding hydrogens is 396 g/mol. The molecule has 6 heteroatoms. The first kappa shape index (κ1) is 26.4. The van der Waals surface area contributed by atoms with Gasteiger partial charge in [-0.3, -0.25) is 0 Å². The van der Waals surface area contributed by atoms with E-state index in [0.29, 0.717) is 12.3 Å². The average Bonchev–Trinajstić information content (AvgIpc) is 3.00. The Morgan fingerprint density at radius 2 is 1.83 bits per heavy atom. The summed E-state index contributed by atoms with van der Waals surface area (Å²) < 4.78 is 21.0. The molecule has 2 N–H and O–H groups in total. The minimum absolute atomic E-state index is 0.139. The van der Waals surface area contributed by atoms with Crippen LogP contribution in [0.2, 0.25) is 0 Å². The fourth-order valence-corrected chi connectivity index (χ4v) is 4.16. The van der Waals surface area contributed by atoms with Crippen LogP contribution in [0.25, 0.3) is 0 Å². The van der Waals surface area contributed by atoms with E-state index in [4.69, 9.17) is 4.74 Å². The quantitative estimate of drug-likeness (QED) is 0.218. The molecule has 0 aromatic carbocycles. The van der Waals surface area contributed by atoms with Crippen molar-refractivity contribution in [2.75, 3.05) is 6.61 Å². The number of carbonyl (C=O) groups excluding carboxylic acids is 1. The van der Waals surface area contributed by atoms with E-state index in [1.165, 1.54) is 0 Å². The Morgan fingerprint density at radius 1 is 1.20 bits per heavy atom. The predicted octanol–water partition coefficient (Wildman–Crippen LogP) is 5.85. The normalized spacial score (nSPS) is 13.6. The molecule has 0 saturated carbocycles. The number of allylic oxidation sites excluding steroid dienone is 2. The van der Waals surface area contributed by atoms with Crippen LogP contribution in [0.4, 0.5) is 0 Å². The molecular formula is C24H40N2O3S. The number of aromatic nitrogens is 1. The molecule has 1 heterocycles. The Hall–Kier alpha value is -1.66. The Morgan fingerprint density at radius 3 is 2.40 bits per heavy atom. The largest absolute Gasteiger partial charge is 0.461 e. The summed E-state index contributed by atoms with van der Waals surface area (Å²) in [6, 6.07) is -0.139. The van der Waals surface area contributed by atoms with Crippen LogP contribution in [0.5, 0.6) is 0 Å². The smallest absolute Gasteiger partial charge is 0.355 e. The van der Waals surface area contributed by atoms with Gasteiger partial charge in [0.2, 0.25) is 0 Å². The first-order chi connectivity index (χ1) is 14.2. The zero-order chi connectivity index (χ0) is 22.7. The molecule has 0 fully saturated rings. The molecule has 0 saturated heterocycles. The molecule has 0 spiro atoms. The zero-order valence-electron chi connectivity index (χ0n) is 19.4. The van der Waals surface area contributed by atoms with Crippen LogP contribution in [0.1, 0.15) is 99.6 Å². The molecule has 0 aliphatic carbocycles. The number of carbonyl (C=O) groups is 1. The van der Waals surface area contributed by atoms with Gasteiger partial charge in [0.25, 0.3) is 0 Å². The van der Waals surface area contributed by atoms with Gasteiger partial charge in [0.15, 0.2) is 0 Å². The lowest BCUT2D eigenvalue weighted by atomic mass is 9.99. The van der Waals surface area contributed by atoms with E-state index in [1.807, 2.05) is 46.8 Å². The Kier molecular flexibility index (Phi) is 11.3. The van der Waals surface area contributed by atoms with Gasteiger partial charge in [0, 0.05) is 5.69 Å². The Labute approximate surface area is 185 Å². The number of hydrogen-bond acceptors (Lipinski definition) is 3. The van der Waals surface area contributed by atoms with E-state index in [9.17, 15) is 9.00 Å². The van der Waals surface area contributed by atoms with Crippen LogP contribution in [-0.2, 0) is 22.1 Å². The van der Waals surface area contributed by atoms with Gasteiger partial charge in [0.1, 0.15) is 5.69 Å². The molecule has 2 unspecified atom stereocenters. The number of rotatable bonds is 14. The van der Waals surface area contributed by atoms with E-state index in [1.54, 1.807) is 0 Å². The van der Waals surface area contributed by atoms with Crippen LogP contribution in [0, 0.1) is 6.92 Å². The summed E-state index contributed by atoms with van der Waals surface area (Å²) in [5, 5.41) is 0. The maximum atomic E-state index is 12.8. The maximum Gasteiger partial charge on any atom is 0.355 e. The van der Waals surface area contributed by atoms with Crippen molar-refractivity contribution in [2.24, 2.45) is 0 Å². The molecule has 0 radical (unpaired) electrons. The second-order valence-electron chi connectivity index (χ2n) is 8.54. The first-order valence-corrected chi connectivity index (χ1v) is 12.1. The Balaban J connectivity index is 3.28. The molecule has 0 aliphatic rings. The summed E-state index contributed by atoms with van der Waals surface area (Å²) in [6.07, 6.45) is 10.2. The van der Waals surface area contributed by atoms with Gasteiger partial charge in [-0.25, -0.2) is 13.7 Å². The second kappa shape index (κ2) is 12.9. The van der Waals surface area contributed by atoms with E-state index in [2.05, 4.69) is 22.9 Å². The lowest BCUT2D eigenvalue weighted by molar-refractivity contribution is 0.0518. The van der Waals surface area contributed by atoms with Gasteiger partial charge >= 0.3 is 5.97 Å². The number of aromatic amines is 1. The fraction of sp³-hybridized carbons (Fsp3) is 0.625. The predicted molar refractivity (Wildman–Crippen MR) is 127 cm³/mol. The number of ether oxygens (including phenoxy) is 1. The van der Waals surface area contributed by atoms with Crippen molar-refractivity contribution in [3.05, 3.63) is 47.8 Å². The molecule has 1 aromatic rings. The van der Waals surface area contributed by atoms with Crippen LogP contribution in [-0.4, -0.2) is 26.5 Å².